The Morgan fingerprint density at radius 1 is 1.18 bits per heavy atom. The average Bonchev–Trinajstić information content (AvgIpc) is 2.54. The van der Waals surface area contributed by atoms with Crippen LogP contribution in [0.25, 0.3) is 0 Å². The summed E-state index contributed by atoms with van der Waals surface area (Å²) in [5, 5.41) is 2.74. The van der Waals surface area contributed by atoms with Crippen molar-refractivity contribution in [3.63, 3.8) is 0 Å². The number of benzene rings is 1. The maximum absolute atomic E-state index is 11.9. The third-order valence-electron chi connectivity index (χ3n) is 3.11. The molecule has 0 aliphatic carbocycles. The Morgan fingerprint density at radius 2 is 1.91 bits per heavy atom. The van der Waals surface area contributed by atoms with Gasteiger partial charge in [-0.3, -0.25) is 4.79 Å². The van der Waals surface area contributed by atoms with Crippen LogP contribution >= 0.6 is 0 Å². The second kappa shape index (κ2) is 7.36. The van der Waals surface area contributed by atoms with Crippen LogP contribution < -0.4 is 5.32 Å². The Balaban J connectivity index is 1.84. The Kier molecular flexibility index (Phi) is 5.25. The number of nitrogens with zero attached hydrogens (tertiary/aromatic N) is 1. The van der Waals surface area contributed by atoms with Crippen LogP contribution in [0.4, 0.5) is 0 Å². The number of ether oxygens (including phenoxy) is 1. The number of aromatic nitrogens is 1. The molecule has 5 heteroatoms. The van der Waals surface area contributed by atoms with E-state index in [2.05, 4.69) is 10.3 Å². The smallest absolute Gasteiger partial charge is 0.357 e. The van der Waals surface area contributed by atoms with Crippen molar-refractivity contribution >= 4 is 11.9 Å². The van der Waals surface area contributed by atoms with E-state index in [1.54, 1.807) is 18.2 Å². The highest BCUT2D eigenvalue weighted by Gasteiger charge is 2.19. The van der Waals surface area contributed by atoms with Gasteiger partial charge >= 0.3 is 5.97 Å². The molecule has 114 valence electrons. The van der Waals surface area contributed by atoms with Crippen LogP contribution in [0.15, 0.2) is 48.7 Å². The standard InChI is InChI=1S/C17H18N2O3/c1-12-6-8-14(9-7-12)11-19-16(20)13(2)22-17(21)15-5-3-4-10-18-15/h3-10,13H,11H2,1-2H3,(H,19,20)/t13-/m1/s1. The minimum atomic E-state index is -0.875. The van der Waals surface area contributed by atoms with Gasteiger partial charge in [0.15, 0.2) is 6.10 Å². The van der Waals surface area contributed by atoms with Crippen molar-refractivity contribution in [2.24, 2.45) is 0 Å². The molecule has 5 nitrogen and oxygen atoms in total. The van der Waals surface area contributed by atoms with Crippen LogP contribution in [-0.2, 0) is 16.1 Å². The summed E-state index contributed by atoms with van der Waals surface area (Å²) < 4.78 is 5.09. The Hall–Kier alpha value is -2.69. The molecule has 22 heavy (non-hydrogen) atoms. The first-order valence-electron chi connectivity index (χ1n) is 7.01. The SMILES string of the molecule is Cc1ccc(CNC(=O)[C@@H](C)OC(=O)c2ccccn2)cc1. The first-order chi connectivity index (χ1) is 10.6. The Bertz CT molecular complexity index is 639. The fraction of sp³-hybridized carbons (Fsp3) is 0.235. The second-order valence-electron chi connectivity index (χ2n) is 4.97. The molecule has 2 aromatic rings. The summed E-state index contributed by atoms with van der Waals surface area (Å²) in [5.41, 5.74) is 2.33. The molecule has 0 radical (unpaired) electrons. The molecule has 0 spiro atoms. The first-order valence-corrected chi connectivity index (χ1v) is 7.01. The molecule has 0 aliphatic rings. The number of hydrogen-bond donors (Lipinski definition) is 1. The zero-order valence-corrected chi connectivity index (χ0v) is 12.6. The van der Waals surface area contributed by atoms with E-state index < -0.39 is 12.1 Å². The van der Waals surface area contributed by atoms with Crippen molar-refractivity contribution in [3.05, 3.63) is 65.5 Å². The fourth-order valence-electron chi connectivity index (χ4n) is 1.80. The van der Waals surface area contributed by atoms with Crippen molar-refractivity contribution in [1.82, 2.24) is 10.3 Å². The molecule has 0 fully saturated rings. The minimum absolute atomic E-state index is 0.181. The number of carbonyl (C=O) groups excluding carboxylic acids is 2. The monoisotopic (exact) mass is 298 g/mol. The third-order valence-corrected chi connectivity index (χ3v) is 3.11. The molecular formula is C17H18N2O3. The maximum Gasteiger partial charge on any atom is 0.357 e. The molecule has 1 aromatic carbocycles. The third kappa shape index (κ3) is 4.41. The molecule has 1 aromatic heterocycles. The summed E-state index contributed by atoms with van der Waals surface area (Å²) in [6.07, 6.45) is 0.624. The predicted molar refractivity (Wildman–Crippen MR) is 82.1 cm³/mol. The molecule has 0 bridgehead atoms. The molecule has 1 amide bonds. The van der Waals surface area contributed by atoms with E-state index in [-0.39, 0.29) is 11.6 Å². The van der Waals surface area contributed by atoms with Gasteiger partial charge in [0, 0.05) is 12.7 Å². The Morgan fingerprint density at radius 3 is 2.55 bits per heavy atom. The lowest BCUT2D eigenvalue weighted by Gasteiger charge is -2.13. The average molecular weight is 298 g/mol. The van der Waals surface area contributed by atoms with Gasteiger partial charge in [0.1, 0.15) is 5.69 Å². The van der Waals surface area contributed by atoms with E-state index in [0.29, 0.717) is 6.54 Å². The second-order valence-corrected chi connectivity index (χ2v) is 4.97. The normalized spacial score (nSPS) is 11.5. The number of amides is 1. The van der Waals surface area contributed by atoms with Crippen LogP contribution in [0.3, 0.4) is 0 Å². The van der Waals surface area contributed by atoms with Crippen molar-refractivity contribution in [2.45, 2.75) is 26.5 Å². The summed E-state index contributed by atoms with van der Waals surface area (Å²) in [7, 11) is 0. The summed E-state index contributed by atoms with van der Waals surface area (Å²) in [6.45, 7) is 3.93. The van der Waals surface area contributed by atoms with Crippen LogP contribution in [0.1, 0.15) is 28.5 Å². The zero-order chi connectivity index (χ0) is 15.9. The number of pyridine rings is 1. The van der Waals surface area contributed by atoms with E-state index in [9.17, 15) is 9.59 Å². The predicted octanol–water partition coefficient (Wildman–Crippen LogP) is 2.25. The highest BCUT2D eigenvalue weighted by Crippen LogP contribution is 2.04. The molecule has 1 heterocycles. The quantitative estimate of drug-likeness (QED) is 0.860. The molecule has 0 saturated heterocycles. The summed E-state index contributed by atoms with van der Waals surface area (Å²) in [6, 6.07) is 12.8. The van der Waals surface area contributed by atoms with Gasteiger partial charge in [-0.05, 0) is 31.5 Å². The van der Waals surface area contributed by atoms with Gasteiger partial charge in [0.05, 0.1) is 0 Å². The highest BCUT2D eigenvalue weighted by molar-refractivity contribution is 5.90. The summed E-state index contributed by atoms with van der Waals surface area (Å²) in [4.78, 5) is 27.6. The van der Waals surface area contributed by atoms with E-state index in [1.807, 2.05) is 31.2 Å². The van der Waals surface area contributed by atoms with E-state index in [1.165, 1.54) is 13.1 Å². The van der Waals surface area contributed by atoms with Crippen LogP contribution in [0, 0.1) is 6.92 Å². The Labute approximate surface area is 129 Å². The van der Waals surface area contributed by atoms with E-state index in [0.717, 1.165) is 11.1 Å². The number of esters is 1. The van der Waals surface area contributed by atoms with Gasteiger partial charge in [-0.25, -0.2) is 9.78 Å². The van der Waals surface area contributed by atoms with Crippen molar-refractivity contribution in [2.75, 3.05) is 0 Å². The molecular weight excluding hydrogens is 280 g/mol. The molecule has 1 atom stereocenters. The van der Waals surface area contributed by atoms with Gasteiger partial charge in [0.25, 0.3) is 5.91 Å². The number of nitrogens with one attached hydrogen (secondary N) is 1. The molecule has 2 rings (SSSR count). The number of rotatable bonds is 5. The summed E-state index contributed by atoms with van der Waals surface area (Å²) >= 11 is 0. The fourth-order valence-corrected chi connectivity index (χ4v) is 1.80. The zero-order valence-electron chi connectivity index (χ0n) is 12.6. The lowest BCUT2D eigenvalue weighted by Crippen LogP contribution is -2.35. The molecule has 0 unspecified atom stereocenters. The van der Waals surface area contributed by atoms with Gasteiger partial charge < -0.3 is 10.1 Å². The van der Waals surface area contributed by atoms with Crippen molar-refractivity contribution in [1.29, 1.82) is 0 Å². The molecule has 0 aliphatic heterocycles. The van der Waals surface area contributed by atoms with Gasteiger partial charge in [0.2, 0.25) is 0 Å². The lowest BCUT2D eigenvalue weighted by atomic mass is 10.1. The minimum Gasteiger partial charge on any atom is -0.448 e. The lowest BCUT2D eigenvalue weighted by molar-refractivity contribution is -0.129. The molecule has 1 N–H and O–H groups in total. The van der Waals surface area contributed by atoms with Gasteiger partial charge in [-0.2, -0.15) is 0 Å². The number of hydrogen-bond acceptors (Lipinski definition) is 4. The number of carbonyl (C=O) groups is 2. The largest absolute Gasteiger partial charge is 0.448 e. The van der Waals surface area contributed by atoms with Crippen LogP contribution in [-0.4, -0.2) is 23.0 Å². The van der Waals surface area contributed by atoms with E-state index >= 15 is 0 Å². The van der Waals surface area contributed by atoms with Crippen LogP contribution in [0.2, 0.25) is 0 Å². The highest BCUT2D eigenvalue weighted by atomic mass is 16.5. The van der Waals surface area contributed by atoms with Gasteiger partial charge in [-0.15, -0.1) is 0 Å². The maximum atomic E-state index is 11.9. The first kappa shape index (κ1) is 15.7. The summed E-state index contributed by atoms with van der Waals surface area (Å²) in [5.74, 6) is -0.955. The van der Waals surface area contributed by atoms with Crippen LogP contribution in [0.5, 0.6) is 0 Å². The topological polar surface area (TPSA) is 68.3 Å². The number of aryl methyl sites for hydroxylation is 1. The van der Waals surface area contributed by atoms with Crippen molar-refractivity contribution in [3.8, 4) is 0 Å². The van der Waals surface area contributed by atoms with Crippen molar-refractivity contribution < 1.29 is 14.3 Å². The molecule has 0 saturated carbocycles. The van der Waals surface area contributed by atoms with E-state index in [4.69, 9.17) is 4.74 Å². The van der Waals surface area contributed by atoms with Gasteiger partial charge in [-0.1, -0.05) is 35.9 Å².